The maximum Gasteiger partial charge on any atom is 0.320 e. The van der Waals surface area contributed by atoms with Gasteiger partial charge in [-0.1, -0.05) is 18.2 Å². The van der Waals surface area contributed by atoms with Gasteiger partial charge in [0.1, 0.15) is 5.82 Å². The molecule has 2 amide bonds. The Labute approximate surface area is 159 Å². The minimum absolute atomic E-state index is 0.0297. The number of nitrogens with zero attached hydrogens (tertiary/aromatic N) is 4. The van der Waals surface area contributed by atoms with Gasteiger partial charge in [-0.3, -0.25) is 24.0 Å². The lowest BCUT2D eigenvalue weighted by molar-refractivity contribution is 0.0524. The Morgan fingerprint density at radius 1 is 1.11 bits per heavy atom. The molecule has 28 heavy (non-hydrogen) atoms. The minimum atomic E-state index is -2.75. The van der Waals surface area contributed by atoms with Gasteiger partial charge in [0.2, 0.25) is 0 Å². The number of hydrogen-bond acceptors (Lipinski definition) is 5. The monoisotopic (exact) mass is 385 g/mol. The van der Waals surface area contributed by atoms with E-state index in [-0.39, 0.29) is 35.9 Å². The van der Waals surface area contributed by atoms with Crippen LogP contribution in [0.4, 0.5) is 14.5 Å². The predicted molar refractivity (Wildman–Crippen MR) is 98.7 cm³/mol. The second-order valence-electron chi connectivity index (χ2n) is 6.63. The van der Waals surface area contributed by atoms with Crippen molar-refractivity contribution in [3.8, 4) is 0 Å². The first-order valence-corrected chi connectivity index (χ1v) is 8.55. The van der Waals surface area contributed by atoms with Gasteiger partial charge in [-0.2, -0.15) is 8.78 Å². The van der Waals surface area contributed by atoms with Crippen molar-refractivity contribution in [3.63, 3.8) is 0 Å². The number of amides is 2. The van der Waals surface area contributed by atoms with Crippen molar-refractivity contribution in [2.75, 3.05) is 19.5 Å². The van der Waals surface area contributed by atoms with E-state index < -0.39 is 18.4 Å². The first kappa shape index (κ1) is 18.1. The third kappa shape index (κ3) is 2.80. The Hall–Kier alpha value is -3.33. The van der Waals surface area contributed by atoms with Crippen LogP contribution in [-0.4, -0.2) is 44.9 Å². The van der Waals surface area contributed by atoms with Crippen LogP contribution in [0.1, 0.15) is 33.1 Å². The molecule has 0 saturated heterocycles. The van der Waals surface area contributed by atoms with E-state index in [1.54, 1.807) is 54.4 Å². The van der Waals surface area contributed by atoms with Gasteiger partial charge in [0.05, 0.1) is 35.4 Å². The number of alkyl halides is 2. The van der Waals surface area contributed by atoms with Crippen LogP contribution in [0.3, 0.4) is 0 Å². The molecule has 0 fully saturated rings. The quantitative estimate of drug-likeness (QED) is 0.539. The van der Waals surface area contributed by atoms with Crippen LogP contribution in [-0.2, 0) is 6.54 Å². The summed E-state index contributed by atoms with van der Waals surface area (Å²) in [6.07, 6.45) is 0. The first-order valence-electron chi connectivity index (χ1n) is 8.55. The van der Waals surface area contributed by atoms with Gasteiger partial charge >= 0.3 is 6.55 Å². The summed E-state index contributed by atoms with van der Waals surface area (Å²) in [5.74, 6) is -0.802. The Morgan fingerprint density at radius 3 is 2.57 bits per heavy atom. The number of halogens is 2. The van der Waals surface area contributed by atoms with Gasteiger partial charge in [-0.05, 0) is 31.3 Å². The summed E-state index contributed by atoms with van der Waals surface area (Å²) in [7, 11) is 1.63. The average molecular weight is 385 g/mol. The van der Waals surface area contributed by atoms with E-state index in [0.29, 0.717) is 11.0 Å². The number of hydrogen-bond donors (Lipinski definition) is 1. The number of para-hydroxylation sites is 2. The second kappa shape index (κ2) is 6.68. The number of nitrogens with two attached hydrogens (primary N) is 1. The fraction of sp³-hybridized carbons (Fsp3) is 0.211. The number of carbonyl (C=O) groups excluding carboxylic acids is 2. The van der Waals surface area contributed by atoms with Crippen molar-refractivity contribution in [2.24, 2.45) is 0 Å². The summed E-state index contributed by atoms with van der Waals surface area (Å²) in [6.45, 7) is -2.80. The van der Waals surface area contributed by atoms with Crippen LogP contribution >= 0.6 is 0 Å². The summed E-state index contributed by atoms with van der Waals surface area (Å²) in [5, 5.41) is 0. The molecule has 0 atom stereocenters. The first-order chi connectivity index (χ1) is 13.4. The molecule has 144 valence electrons. The summed E-state index contributed by atoms with van der Waals surface area (Å²) >= 11 is 0. The molecule has 0 aliphatic carbocycles. The average Bonchev–Trinajstić information content (AvgIpc) is 3.13. The zero-order valence-corrected chi connectivity index (χ0v) is 15.0. The van der Waals surface area contributed by atoms with E-state index in [1.807, 2.05) is 0 Å². The van der Waals surface area contributed by atoms with E-state index in [2.05, 4.69) is 4.98 Å². The van der Waals surface area contributed by atoms with Crippen molar-refractivity contribution in [1.29, 1.82) is 0 Å². The molecule has 2 heterocycles. The smallest absolute Gasteiger partial charge is 0.320 e. The maximum atomic E-state index is 13.6. The lowest BCUT2D eigenvalue weighted by atomic mass is 10.1. The number of rotatable bonds is 5. The van der Waals surface area contributed by atoms with E-state index >= 15 is 0 Å². The number of aromatic nitrogens is 2. The van der Waals surface area contributed by atoms with Crippen LogP contribution in [0.25, 0.3) is 11.0 Å². The Bertz CT molecular complexity index is 1100. The fourth-order valence-corrected chi connectivity index (χ4v) is 3.44. The Kier molecular flexibility index (Phi) is 4.31. The highest BCUT2D eigenvalue weighted by atomic mass is 19.3. The molecule has 1 aliphatic heterocycles. The van der Waals surface area contributed by atoms with Crippen molar-refractivity contribution in [3.05, 3.63) is 59.4 Å². The third-order valence-corrected chi connectivity index (χ3v) is 4.69. The van der Waals surface area contributed by atoms with Gasteiger partial charge in [0.15, 0.2) is 0 Å². The molecule has 0 bridgehead atoms. The molecule has 0 saturated carbocycles. The fourth-order valence-electron chi connectivity index (χ4n) is 3.44. The molecule has 0 spiro atoms. The largest absolute Gasteiger partial charge is 0.398 e. The lowest BCUT2D eigenvalue weighted by Gasteiger charge is -2.22. The van der Waals surface area contributed by atoms with Crippen LogP contribution in [0.5, 0.6) is 0 Å². The number of imide groups is 1. The summed E-state index contributed by atoms with van der Waals surface area (Å²) < 4.78 is 28.0. The van der Waals surface area contributed by atoms with E-state index in [9.17, 15) is 18.4 Å². The molecule has 1 aromatic heterocycles. The van der Waals surface area contributed by atoms with E-state index in [0.717, 1.165) is 9.47 Å². The second-order valence-corrected chi connectivity index (χ2v) is 6.63. The van der Waals surface area contributed by atoms with Gasteiger partial charge in [-0.25, -0.2) is 4.98 Å². The number of nitrogen functional groups attached to an aromatic ring is 1. The molecule has 1 aliphatic rings. The standard InChI is InChI=1S/C19H17F2N5O2/c1-24(9-15-23-13-7-2-3-8-14(13)26(15)19(20)21)10-25-17(27)11-5-4-6-12(22)16(11)18(25)28/h2-8,19H,9-10,22H2,1H3. The molecule has 3 aromatic rings. The van der Waals surface area contributed by atoms with Gasteiger partial charge in [0, 0.05) is 5.69 Å². The van der Waals surface area contributed by atoms with E-state index in [1.165, 1.54) is 0 Å². The Morgan fingerprint density at radius 2 is 1.86 bits per heavy atom. The highest BCUT2D eigenvalue weighted by molar-refractivity contribution is 6.23. The van der Waals surface area contributed by atoms with Gasteiger partial charge in [0.25, 0.3) is 11.8 Å². The Balaban J connectivity index is 1.58. The zero-order valence-electron chi connectivity index (χ0n) is 15.0. The number of carbonyl (C=O) groups is 2. The lowest BCUT2D eigenvalue weighted by Crippen LogP contribution is -2.39. The van der Waals surface area contributed by atoms with Crippen LogP contribution < -0.4 is 5.73 Å². The van der Waals surface area contributed by atoms with E-state index in [4.69, 9.17) is 5.73 Å². The maximum absolute atomic E-state index is 13.6. The minimum Gasteiger partial charge on any atom is -0.398 e. The predicted octanol–water partition coefficient (Wildman–Crippen LogP) is 2.70. The molecule has 0 unspecified atom stereocenters. The number of benzene rings is 2. The topological polar surface area (TPSA) is 84.5 Å². The number of fused-ring (bicyclic) bond motifs is 2. The number of anilines is 1. The normalized spacial score (nSPS) is 14.0. The van der Waals surface area contributed by atoms with Crippen molar-refractivity contribution in [1.82, 2.24) is 19.4 Å². The van der Waals surface area contributed by atoms with Crippen molar-refractivity contribution >= 4 is 28.5 Å². The van der Waals surface area contributed by atoms with Crippen LogP contribution in [0, 0.1) is 0 Å². The molecular formula is C19H17F2N5O2. The molecule has 4 rings (SSSR count). The molecule has 0 radical (unpaired) electrons. The highest BCUT2D eigenvalue weighted by Gasteiger charge is 2.37. The van der Waals surface area contributed by atoms with Crippen LogP contribution in [0.15, 0.2) is 42.5 Å². The summed E-state index contributed by atoms with van der Waals surface area (Å²) in [6, 6.07) is 11.3. The summed E-state index contributed by atoms with van der Waals surface area (Å²) in [5.41, 5.74) is 7.28. The van der Waals surface area contributed by atoms with Gasteiger partial charge in [-0.15, -0.1) is 0 Å². The SMILES string of the molecule is CN(Cc1nc2ccccc2n1C(F)F)CN1C(=O)c2cccc(N)c2C1=O. The van der Waals surface area contributed by atoms with Crippen LogP contribution in [0.2, 0.25) is 0 Å². The zero-order chi connectivity index (χ0) is 20.0. The van der Waals surface area contributed by atoms with Gasteiger partial charge < -0.3 is 5.73 Å². The molecule has 2 aromatic carbocycles. The molecule has 9 heteroatoms. The molecular weight excluding hydrogens is 368 g/mol. The molecule has 2 N–H and O–H groups in total. The summed E-state index contributed by atoms with van der Waals surface area (Å²) in [4.78, 5) is 32.0. The molecule has 7 nitrogen and oxygen atoms in total. The third-order valence-electron chi connectivity index (χ3n) is 4.69. The number of imidazole rings is 1. The van der Waals surface area contributed by atoms with Crippen molar-refractivity contribution in [2.45, 2.75) is 13.1 Å². The highest BCUT2D eigenvalue weighted by Crippen LogP contribution is 2.28. The van der Waals surface area contributed by atoms with Crippen molar-refractivity contribution < 1.29 is 18.4 Å².